The average molecular weight is 173 g/mol. The predicted molar refractivity (Wildman–Crippen MR) is 52.2 cm³/mol. The van der Waals surface area contributed by atoms with Crippen molar-refractivity contribution in [3.63, 3.8) is 0 Å². The van der Waals surface area contributed by atoms with Crippen molar-refractivity contribution in [3.05, 3.63) is 0 Å². The topological polar surface area (TPSA) is 19.9 Å². The Kier molecular flexibility index (Phi) is 3.78. The molecule has 0 spiro atoms. The summed E-state index contributed by atoms with van der Waals surface area (Å²) >= 11 is 0. The highest BCUT2D eigenvalue weighted by Crippen LogP contribution is 2.39. The van der Waals surface area contributed by atoms with Gasteiger partial charge in [0.1, 0.15) is 0 Å². The quantitative estimate of drug-likeness (QED) is 0.584. The first-order valence-electron chi connectivity index (χ1n) is 4.39. The molecule has 0 atom stereocenters. The Morgan fingerprint density at radius 3 is 1.91 bits per heavy atom. The molecular formula is C9H21OSi. The van der Waals surface area contributed by atoms with Crippen molar-refractivity contribution in [1.29, 1.82) is 0 Å². The van der Waals surface area contributed by atoms with Crippen molar-refractivity contribution in [3.8, 4) is 0 Å². The van der Waals surface area contributed by atoms with Crippen molar-refractivity contribution in [2.75, 3.05) is 6.61 Å². The van der Waals surface area contributed by atoms with Gasteiger partial charge in [0, 0.05) is 0 Å². The molecule has 11 heavy (non-hydrogen) atoms. The Hall–Kier alpha value is 0.177. The van der Waals surface area contributed by atoms with Crippen LogP contribution in [0.4, 0.5) is 0 Å². The summed E-state index contributed by atoms with van der Waals surface area (Å²) in [7, 11) is -1.13. The molecule has 1 nitrogen and oxygen atoms in total. The molecule has 67 valence electrons. The first-order chi connectivity index (χ1) is 4.81. The predicted octanol–water partition coefficient (Wildman–Crippen LogP) is 3.32. The van der Waals surface area contributed by atoms with Gasteiger partial charge < -0.3 is 0 Å². The van der Waals surface area contributed by atoms with Crippen LogP contribution < -0.4 is 0 Å². The fourth-order valence-electron chi connectivity index (χ4n) is 0.889. The minimum atomic E-state index is -1.13. The van der Waals surface area contributed by atoms with E-state index in [2.05, 4.69) is 33.9 Å². The van der Waals surface area contributed by atoms with E-state index >= 15 is 0 Å². The molecule has 0 heterocycles. The molecule has 0 unspecified atom stereocenters. The van der Waals surface area contributed by atoms with Gasteiger partial charge in [-0.3, -0.25) is 0 Å². The van der Waals surface area contributed by atoms with Crippen LogP contribution in [0.1, 0.15) is 27.2 Å². The average Bonchev–Trinajstić information content (AvgIpc) is 1.81. The first kappa shape index (κ1) is 11.2. The highest BCUT2D eigenvalue weighted by atomic mass is 28.3. The summed E-state index contributed by atoms with van der Waals surface area (Å²) in [4.78, 5) is 0. The second-order valence-corrected chi connectivity index (χ2v) is 10.7. The first-order valence-corrected chi connectivity index (χ1v) is 7.60. The highest BCUT2D eigenvalue weighted by Gasteiger charge is 2.33. The highest BCUT2D eigenvalue weighted by molar-refractivity contribution is 6.80. The largest absolute Gasteiger partial charge is 0.237 e. The zero-order chi connectivity index (χ0) is 9.12. The van der Waals surface area contributed by atoms with E-state index in [1.807, 2.05) is 0 Å². The third kappa shape index (κ3) is 3.39. The van der Waals surface area contributed by atoms with Gasteiger partial charge in [0.2, 0.25) is 0 Å². The molecule has 2 heteroatoms. The van der Waals surface area contributed by atoms with E-state index in [4.69, 9.17) is 0 Å². The maximum Gasteiger partial charge on any atom is 0.0819 e. The number of rotatable bonds is 3. The summed E-state index contributed by atoms with van der Waals surface area (Å²) in [5, 5.41) is 10.8. The lowest BCUT2D eigenvalue weighted by atomic mass is 10.2. The molecular weight excluding hydrogens is 152 g/mol. The summed E-state index contributed by atoms with van der Waals surface area (Å²) in [5.74, 6) is 0. The van der Waals surface area contributed by atoms with Crippen LogP contribution in [0.2, 0.25) is 24.2 Å². The lowest BCUT2D eigenvalue weighted by Gasteiger charge is -2.36. The monoisotopic (exact) mass is 173 g/mol. The maximum absolute atomic E-state index is 10.3. The van der Waals surface area contributed by atoms with E-state index in [1.54, 1.807) is 0 Å². The van der Waals surface area contributed by atoms with Crippen LogP contribution in [-0.2, 0) is 5.11 Å². The second-order valence-electron chi connectivity index (χ2n) is 4.94. The van der Waals surface area contributed by atoms with Crippen LogP contribution in [0.15, 0.2) is 0 Å². The van der Waals surface area contributed by atoms with Gasteiger partial charge in [-0.25, -0.2) is 5.11 Å². The van der Waals surface area contributed by atoms with Crippen LogP contribution >= 0.6 is 0 Å². The zero-order valence-electron chi connectivity index (χ0n) is 8.53. The van der Waals surface area contributed by atoms with Crippen LogP contribution in [0, 0.1) is 0 Å². The molecule has 0 rings (SSSR count). The van der Waals surface area contributed by atoms with Gasteiger partial charge in [0.05, 0.1) is 14.7 Å². The maximum atomic E-state index is 10.3. The Bertz CT molecular complexity index is 113. The van der Waals surface area contributed by atoms with Crippen LogP contribution in [0.5, 0.6) is 0 Å². The minimum Gasteiger partial charge on any atom is -0.237 e. The van der Waals surface area contributed by atoms with Gasteiger partial charge >= 0.3 is 0 Å². The summed E-state index contributed by atoms with van der Waals surface area (Å²) in [5.41, 5.74) is 0. The molecule has 0 aromatic rings. The van der Waals surface area contributed by atoms with Crippen LogP contribution in [0.3, 0.4) is 0 Å². The van der Waals surface area contributed by atoms with Crippen molar-refractivity contribution in [2.24, 2.45) is 0 Å². The van der Waals surface area contributed by atoms with Gasteiger partial charge in [0.15, 0.2) is 0 Å². The van der Waals surface area contributed by atoms with Gasteiger partial charge in [-0.2, -0.15) is 0 Å². The van der Waals surface area contributed by atoms with Crippen molar-refractivity contribution in [1.82, 2.24) is 0 Å². The summed E-state index contributed by atoms with van der Waals surface area (Å²) in [6, 6.07) is 1.18. The van der Waals surface area contributed by atoms with Crippen LogP contribution in [0.25, 0.3) is 0 Å². The normalized spacial score (nSPS) is 13.6. The van der Waals surface area contributed by atoms with Crippen molar-refractivity contribution < 1.29 is 5.11 Å². The van der Waals surface area contributed by atoms with Gasteiger partial charge in [0.25, 0.3) is 0 Å². The third-order valence-corrected chi connectivity index (χ3v) is 8.64. The number of hydrogen-bond donors (Lipinski definition) is 0. The molecule has 1 radical (unpaired) electrons. The molecule has 0 saturated carbocycles. The molecule has 0 saturated heterocycles. The van der Waals surface area contributed by atoms with E-state index in [9.17, 15) is 5.11 Å². The minimum absolute atomic E-state index is 0.104. The molecule has 0 aromatic heterocycles. The van der Waals surface area contributed by atoms with E-state index < -0.39 is 8.07 Å². The molecule has 0 bridgehead atoms. The van der Waals surface area contributed by atoms with E-state index in [0.29, 0.717) is 5.04 Å². The van der Waals surface area contributed by atoms with Crippen molar-refractivity contribution >= 4 is 8.07 Å². The Morgan fingerprint density at radius 2 is 1.64 bits per heavy atom. The van der Waals surface area contributed by atoms with E-state index in [-0.39, 0.29) is 6.61 Å². The fraction of sp³-hybridized carbons (Fsp3) is 1.00. The van der Waals surface area contributed by atoms with Gasteiger partial charge in [-0.1, -0.05) is 39.9 Å². The molecule has 0 fully saturated rings. The van der Waals surface area contributed by atoms with E-state index in [1.165, 1.54) is 6.04 Å². The lowest BCUT2D eigenvalue weighted by Crippen LogP contribution is -2.36. The van der Waals surface area contributed by atoms with Crippen molar-refractivity contribution in [2.45, 2.75) is 51.4 Å². The van der Waals surface area contributed by atoms with Gasteiger partial charge in [-0.15, -0.1) is 0 Å². The molecule has 0 amide bonds. The van der Waals surface area contributed by atoms with E-state index in [0.717, 1.165) is 6.42 Å². The Balaban J connectivity index is 4.00. The standard InChI is InChI=1S/C9H21OSi/c1-9(2,3)11(4,5)8-6-7-10/h6-8H2,1-5H3. The lowest BCUT2D eigenvalue weighted by molar-refractivity contribution is 0.193. The molecule has 0 aliphatic rings. The summed E-state index contributed by atoms with van der Waals surface area (Å²) < 4.78 is 0. The summed E-state index contributed by atoms with van der Waals surface area (Å²) in [6.45, 7) is 11.7. The Labute approximate surface area is 71.8 Å². The smallest absolute Gasteiger partial charge is 0.0819 e. The third-order valence-electron chi connectivity index (χ3n) is 2.98. The molecule has 0 aliphatic heterocycles. The zero-order valence-corrected chi connectivity index (χ0v) is 9.53. The fourth-order valence-corrected chi connectivity index (χ4v) is 2.67. The summed E-state index contributed by atoms with van der Waals surface area (Å²) in [6.07, 6.45) is 0.872. The number of hydrogen-bond acceptors (Lipinski definition) is 0. The van der Waals surface area contributed by atoms with Gasteiger partial charge in [-0.05, 0) is 11.5 Å². The molecule has 0 N–H and O–H groups in total. The second kappa shape index (κ2) is 3.72. The molecule has 0 aliphatic carbocycles. The molecule has 0 aromatic carbocycles. The van der Waals surface area contributed by atoms with Crippen LogP contribution in [-0.4, -0.2) is 14.7 Å². The SMILES string of the molecule is CC(C)(C)[Si](C)(C)CCC[O]. The Morgan fingerprint density at radius 1 is 1.18 bits per heavy atom.